The lowest BCUT2D eigenvalue weighted by molar-refractivity contribution is -0.137. The molecular weight excluding hydrogens is 497 g/mol. The molecule has 0 aliphatic heterocycles. The fourth-order valence-corrected chi connectivity index (χ4v) is 3.69. The van der Waals surface area contributed by atoms with Crippen LogP contribution < -0.4 is 14.8 Å². The number of nitrogens with one attached hydrogen (secondary N) is 2. The third-order valence-electron chi connectivity index (χ3n) is 4.29. The molecule has 0 saturated heterocycles. The zero-order chi connectivity index (χ0) is 24.9. The Labute approximate surface area is 197 Å². The van der Waals surface area contributed by atoms with Gasteiger partial charge in [0.1, 0.15) is 17.4 Å². The minimum atomic E-state index is -4.58. The van der Waals surface area contributed by atoms with Gasteiger partial charge in [-0.1, -0.05) is 35.9 Å². The molecule has 0 bridgehead atoms. The van der Waals surface area contributed by atoms with E-state index >= 15 is 0 Å². The molecule has 0 aliphatic rings. The van der Waals surface area contributed by atoms with Gasteiger partial charge in [0.25, 0.3) is 21.8 Å². The second kappa shape index (κ2) is 10.1. The summed E-state index contributed by atoms with van der Waals surface area (Å²) in [6, 6.07) is 15.7. The van der Waals surface area contributed by atoms with E-state index in [0.29, 0.717) is 6.07 Å². The minimum Gasteiger partial charge on any atom is -0.456 e. The maximum atomic E-state index is 12.8. The molecule has 0 heterocycles. The molecule has 0 atom stereocenters. The highest BCUT2D eigenvalue weighted by Crippen LogP contribution is 2.36. The van der Waals surface area contributed by atoms with E-state index in [1.54, 1.807) is 18.2 Å². The zero-order valence-electron chi connectivity index (χ0n) is 17.1. The Morgan fingerprint density at radius 3 is 2.21 bits per heavy atom. The number of carbonyl (C=O) groups is 2. The predicted molar refractivity (Wildman–Crippen MR) is 118 cm³/mol. The maximum Gasteiger partial charge on any atom is 0.416 e. The van der Waals surface area contributed by atoms with E-state index in [1.807, 2.05) is 4.72 Å². The first-order valence-electron chi connectivity index (χ1n) is 9.47. The first kappa shape index (κ1) is 25.1. The normalized spacial score (nSPS) is 11.5. The lowest BCUT2D eigenvalue weighted by atomic mass is 10.2. The van der Waals surface area contributed by atoms with Crippen molar-refractivity contribution in [2.24, 2.45) is 0 Å². The molecule has 0 radical (unpaired) electrons. The Morgan fingerprint density at radius 1 is 0.882 bits per heavy atom. The van der Waals surface area contributed by atoms with Gasteiger partial charge >= 0.3 is 6.18 Å². The van der Waals surface area contributed by atoms with Gasteiger partial charge in [-0.2, -0.15) is 13.2 Å². The number of ether oxygens (including phenoxy) is 1. The van der Waals surface area contributed by atoms with Crippen molar-refractivity contribution in [3.63, 3.8) is 0 Å². The van der Waals surface area contributed by atoms with E-state index in [4.69, 9.17) is 16.3 Å². The average Bonchev–Trinajstić information content (AvgIpc) is 2.78. The highest BCUT2D eigenvalue weighted by Gasteiger charge is 2.31. The fourth-order valence-electron chi connectivity index (χ4n) is 2.68. The molecule has 12 heteroatoms. The second-order valence-electron chi connectivity index (χ2n) is 6.84. The van der Waals surface area contributed by atoms with Crippen molar-refractivity contribution in [2.75, 3.05) is 5.88 Å². The Kier molecular flexibility index (Phi) is 7.48. The van der Waals surface area contributed by atoms with Gasteiger partial charge < -0.3 is 10.1 Å². The van der Waals surface area contributed by atoms with Crippen molar-refractivity contribution in [2.45, 2.75) is 6.18 Å². The molecule has 2 N–H and O–H groups in total. The monoisotopic (exact) mass is 512 g/mol. The first-order valence-corrected chi connectivity index (χ1v) is 11.5. The number of hydrogen-bond donors (Lipinski definition) is 2. The molecule has 0 spiro atoms. The largest absolute Gasteiger partial charge is 0.456 e. The summed E-state index contributed by atoms with van der Waals surface area (Å²) in [6.07, 6.45) is -4.58. The molecular formula is C22H16ClF3N2O5S. The van der Waals surface area contributed by atoms with Crippen LogP contribution in [-0.4, -0.2) is 26.1 Å². The van der Waals surface area contributed by atoms with Gasteiger partial charge in [-0.25, -0.2) is 13.1 Å². The van der Waals surface area contributed by atoms with Gasteiger partial charge in [-0.05, 0) is 48.5 Å². The van der Waals surface area contributed by atoms with Crippen molar-refractivity contribution in [1.29, 1.82) is 0 Å². The van der Waals surface area contributed by atoms with Gasteiger partial charge in [0.15, 0.2) is 0 Å². The summed E-state index contributed by atoms with van der Waals surface area (Å²) in [5.74, 6) is -2.54. The molecule has 3 rings (SSSR count). The quantitative estimate of drug-likeness (QED) is 0.482. The first-order chi connectivity index (χ1) is 15.9. The molecule has 0 unspecified atom stereocenters. The van der Waals surface area contributed by atoms with Crippen LogP contribution in [0.15, 0.2) is 72.8 Å². The highest BCUT2D eigenvalue weighted by atomic mass is 35.5. The smallest absolute Gasteiger partial charge is 0.416 e. The van der Waals surface area contributed by atoms with Crippen molar-refractivity contribution in [3.8, 4) is 11.5 Å². The Bertz CT molecular complexity index is 1320. The minimum absolute atomic E-state index is 0.0316. The molecule has 3 aromatic carbocycles. The fraction of sp³-hybridized carbons (Fsp3) is 0.0909. The van der Waals surface area contributed by atoms with Gasteiger partial charge in [-0.3, -0.25) is 9.59 Å². The van der Waals surface area contributed by atoms with Gasteiger partial charge in [-0.15, -0.1) is 0 Å². The van der Waals surface area contributed by atoms with E-state index in [0.717, 1.165) is 12.1 Å². The van der Waals surface area contributed by atoms with Crippen LogP contribution >= 0.6 is 11.6 Å². The summed E-state index contributed by atoms with van der Waals surface area (Å²) in [6.45, 7) is 0. The number of sulfonamides is 1. The Balaban J connectivity index is 1.66. The van der Waals surface area contributed by atoms with E-state index in [1.165, 1.54) is 36.4 Å². The number of rotatable bonds is 7. The van der Waals surface area contributed by atoms with Gasteiger partial charge in [0, 0.05) is 11.1 Å². The van der Waals surface area contributed by atoms with Crippen molar-refractivity contribution < 1.29 is 35.9 Å². The lowest BCUT2D eigenvalue weighted by Gasteiger charge is -2.12. The number of amides is 2. The molecule has 178 valence electrons. The number of carbonyl (C=O) groups excluding carboxylic acids is 2. The summed E-state index contributed by atoms with van der Waals surface area (Å²) >= 11 is 5.86. The van der Waals surface area contributed by atoms with E-state index in [-0.39, 0.29) is 27.6 Å². The van der Waals surface area contributed by atoms with Gasteiger partial charge in [0.05, 0.1) is 10.6 Å². The number of benzene rings is 3. The number of alkyl halides is 3. The summed E-state index contributed by atoms with van der Waals surface area (Å²) in [7, 11) is -4.23. The third kappa shape index (κ3) is 6.72. The van der Waals surface area contributed by atoms with Crippen LogP contribution in [0, 0.1) is 0 Å². The molecule has 3 aromatic rings. The molecule has 0 aliphatic carbocycles. The molecule has 0 aromatic heterocycles. The van der Waals surface area contributed by atoms with Crippen LogP contribution in [0.1, 0.15) is 26.3 Å². The van der Waals surface area contributed by atoms with E-state index in [2.05, 4.69) is 5.32 Å². The summed E-state index contributed by atoms with van der Waals surface area (Å²) in [4.78, 5) is 24.4. The van der Waals surface area contributed by atoms with Crippen LogP contribution in [0.3, 0.4) is 0 Å². The second-order valence-corrected chi connectivity index (χ2v) is 8.96. The molecule has 0 fully saturated rings. The Morgan fingerprint density at radius 2 is 1.56 bits per heavy atom. The molecule has 34 heavy (non-hydrogen) atoms. The third-order valence-corrected chi connectivity index (χ3v) is 5.61. The van der Waals surface area contributed by atoms with Crippen LogP contribution in [0.5, 0.6) is 11.5 Å². The SMILES string of the molecule is O=C(NCS(=O)(=O)NC(=O)c1cccc(Oc2ccc(C(F)(F)F)cc2Cl)c1)c1ccccc1. The molecule has 0 saturated carbocycles. The van der Waals surface area contributed by atoms with Crippen LogP contribution in [0.25, 0.3) is 0 Å². The van der Waals surface area contributed by atoms with E-state index < -0.39 is 39.5 Å². The maximum absolute atomic E-state index is 12.8. The number of hydrogen-bond acceptors (Lipinski definition) is 5. The average molecular weight is 513 g/mol. The number of halogens is 4. The topological polar surface area (TPSA) is 102 Å². The summed E-state index contributed by atoms with van der Waals surface area (Å²) in [5, 5.41) is 1.90. The molecule has 7 nitrogen and oxygen atoms in total. The summed E-state index contributed by atoms with van der Waals surface area (Å²) in [5.41, 5.74) is -0.822. The van der Waals surface area contributed by atoms with Crippen LogP contribution in [0.4, 0.5) is 13.2 Å². The van der Waals surface area contributed by atoms with Gasteiger partial charge in [0.2, 0.25) is 0 Å². The zero-order valence-corrected chi connectivity index (χ0v) is 18.7. The van der Waals surface area contributed by atoms with Crippen molar-refractivity contribution in [1.82, 2.24) is 10.0 Å². The standard InChI is InChI=1S/C22H16ClF3N2O5S/c23-18-12-16(22(24,25)26)9-10-19(18)33-17-8-4-7-15(11-17)21(30)28-34(31,32)13-27-20(29)14-5-2-1-3-6-14/h1-12H,13H2,(H,27,29)(H,28,30). The Hall–Kier alpha value is -3.57. The van der Waals surface area contributed by atoms with Crippen molar-refractivity contribution >= 4 is 33.4 Å². The lowest BCUT2D eigenvalue weighted by Crippen LogP contribution is -2.39. The molecule has 2 amide bonds. The summed E-state index contributed by atoms with van der Waals surface area (Å²) < 4.78 is 70.0. The highest BCUT2D eigenvalue weighted by molar-refractivity contribution is 7.90. The van der Waals surface area contributed by atoms with Crippen LogP contribution in [0.2, 0.25) is 5.02 Å². The van der Waals surface area contributed by atoms with E-state index in [9.17, 15) is 31.2 Å². The predicted octanol–water partition coefficient (Wildman–Crippen LogP) is 4.60. The van der Waals surface area contributed by atoms with Crippen LogP contribution in [-0.2, 0) is 16.2 Å². The van der Waals surface area contributed by atoms with Crippen molar-refractivity contribution in [3.05, 3.63) is 94.5 Å².